The van der Waals surface area contributed by atoms with E-state index in [9.17, 15) is 13.2 Å². The van der Waals surface area contributed by atoms with Crippen molar-refractivity contribution in [3.63, 3.8) is 0 Å². The van der Waals surface area contributed by atoms with E-state index in [1.807, 2.05) is 12.1 Å². The standard InChI is InChI=1S/C22H18N2O4S/c1-2-24(19-9-4-3-5-10-19)29(26,27)21-13-11-20(12-14-21)28-22(25)18-8-6-7-17(15-18)16-23/h3-15H,2H2,1H3. The molecule has 0 bridgehead atoms. The predicted octanol–water partition coefficient (Wildman–Crippen LogP) is 3.99. The Hall–Kier alpha value is -3.63. The number of rotatable bonds is 6. The Kier molecular flexibility index (Phi) is 5.96. The number of carbonyl (C=O) groups excluding carboxylic acids is 1. The first kappa shape index (κ1) is 20.1. The average Bonchev–Trinajstić information content (AvgIpc) is 2.75. The fourth-order valence-corrected chi connectivity index (χ4v) is 4.25. The van der Waals surface area contributed by atoms with Gasteiger partial charge >= 0.3 is 5.97 Å². The highest BCUT2D eigenvalue weighted by molar-refractivity contribution is 7.92. The lowest BCUT2D eigenvalue weighted by molar-refractivity contribution is 0.0734. The minimum absolute atomic E-state index is 0.0921. The van der Waals surface area contributed by atoms with Crippen molar-refractivity contribution in [1.82, 2.24) is 0 Å². The molecule has 6 nitrogen and oxygen atoms in total. The third kappa shape index (κ3) is 4.45. The summed E-state index contributed by atoms with van der Waals surface area (Å²) in [6.45, 7) is 2.04. The van der Waals surface area contributed by atoms with Crippen LogP contribution in [0, 0.1) is 11.3 Å². The topological polar surface area (TPSA) is 87.5 Å². The minimum Gasteiger partial charge on any atom is -0.423 e. The van der Waals surface area contributed by atoms with Gasteiger partial charge < -0.3 is 4.74 Å². The summed E-state index contributed by atoms with van der Waals surface area (Å²) in [4.78, 5) is 12.3. The minimum atomic E-state index is -3.75. The fraction of sp³-hybridized carbons (Fsp3) is 0.0909. The number of nitrogens with zero attached hydrogens (tertiary/aromatic N) is 2. The number of nitriles is 1. The first-order valence-corrected chi connectivity index (χ1v) is 10.3. The third-order valence-corrected chi connectivity index (χ3v) is 6.10. The molecule has 0 aromatic heterocycles. The van der Waals surface area contributed by atoms with Gasteiger partial charge in [0.1, 0.15) is 5.75 Å². The van der Waals surface area contributed by atoms with Gasteiger partial charge in [-0.05, 0) is 61.5 Å². The SMILES string of the molecule is CCN(c1ccccc1)S(=O)(=O)c1ccc(OC(=O)c2cccc(C#N)c2)cc1. The van der Waals surface area contributed by atoms with E-state index in [0.717, 1.165) is 0 Å². The lowest BCUT2D eigenvalue weighted by Gasteiger charge is -2.22. The molecule has 3 rings (SSSR count). The van der Waals surface area contributed by atoms with Crippen molar-refractivity contribution in [3.8, 4) is 11.8 Å². The number of hydrogen-bond donors (Lipinski definition) is 0. The second-order valence-electron chi connectivity index (χ2n) is 6.06. The number of hydrogen-bond acceptors (Lipinski definition) is 5. The van der Waals surface area contributed by atoms with E-state index in [1.54, 1.807) is 49.4 Å². The van der Waals surface area contributed by atoms with Gasteiger partial charge in [-0.1, -0.05) is 24.3 Å². The maximum Gasteiger partial charge on any atom is 0.343 e. The highest BCUT2D eigenvalue weighted by Crippen LogP contribution is 2.25. The van der Waals surface area contributed by atoms with Crippen LogP contribution in [0.4, 0.5) is 5.69 Å². The van der Waals surface area contributed by atoms with Gasteiger partial charge in [0.2, 0.25) is 0 Å². The molecule has 0 radical (unpaired) electrons. The number of anilines is 1. The van der Waals surface area contributed by atoms with Crippen molar-refractivity contribution in [3.05, 3.63) is 90.0 Å². The maximum atomic E-state index is 13.0. The summed E-state index contributed by atoms with van der Waals surface area (Å²) < 4.78 is 32.5. The molecule has 0 aliphatic carbocycles. The highest BCUT2D eigenvalue weighted by Gasteiger charge is 2.23. The molecular weight excluding hydrogens is 388 g/mol. The molecule has 0 N–H and O–H groups in total. The fourth-order valence-electron chi connectivity index (χ4n) is 2.77. The van der Waals surface area contributed by atoms with Crippen LogP contribution in [0.3, 0.4) is 0 Å². The van der Waals surface area contributed by atoms with Crippen LogP contribution < -0.4 is 9.04 Å². The number of carbonyl (C=O) groups is 1. The van der Waals surface area contributed by atoms with E-state index < -0.39 is 16.0 Å². The average molecular weight is 406 g/mol. The lowest BCUT2D eigenvalue weighted by Crippen LogP contribution is -2.30. The molecule has 146 valence electrons. The van der Waals surface area contributed by atoms with Crippen molar-refractivity contribution in [2.24, 2.45) is 0 Å². The van der Waals surface area contributed by atoms with Gasteiger partial charge in [0.15, 0.2) is 0 Å². The number of para-hydroxylation sites is 1. The van der Waals surface area contributed by atoms with Gasteiger partial charge in [-0.2, -0.15) is 5.26 Å². The molecule has 0 heterocycles. The van der Waals surface area contributed by atoms with E-state index in [1.165, 1.54) is 34.6 Å². The zero-order valence-electron chi connectivity index (χ0n) is 15.6. The summed E-state index contributed by atoms with van der Waals surface area (Å²) in [7, 11) is -3.75. The van der Waals surface area contributed by atoms with Crippen LogP contribution in [-0.2, 0) is 10.0 Å². The number of ether oxygens (including phenoxy) is 1. The molecule has 0 unspecified atom stereocenters. The molecule has 0 amide bonds. The first-order valence-electron chi connectivity index (χ1n) is 8.86. The van der Waals surface area contributed by atoms with Gasteiger partial charge in [-0.25, -0.2) is 13.2 Å². The first-order chi connectivity index (χ1) is 14.0. The van der Waals surface area contributed by atoms with Crippen LogP contribution in [0.5, 0.6) is 5.75 Å². The van der Waals surface area contributed by atoms with Crippen LogP contribution in [0.2, 0.25) is 0 Å². The number of esters is 1. The van der Waals surface area contributed by atoms with Gasteiger partial charge in [-0.3, -0.25) is 4.31 Å². The quantitative estimate of drug-likeness (QED) is 0.456. The van der Waals surface area contributed by atoms with E-state index >= 15 is 0 Å². The van der Waals surface area contributed by atoms with E-state index in [2.05, 4.69) is 0 Å². The summed E-state index contributed by atoms with van der Waals surface area (Å²) in [5.74, 6) is -0.420. The number of benzene rings is 3. The zero-order chi connectivity index (χ0) is 20.9. The van der Waals surface area contributed by atoms with Crippen LogP contribution in [0.1, 0.15) is 22.8 Å². The van der Waals surface area contributed by atoms with Crippen LogP contribution in [-0.4, -0.2) is 20.9 Å². The van der Waals surface area contributed by atoms with E-state index in [4.69, 9.17) is 10.00 Å². The Morgan fingerprint density at radius 2 is 1.69 bits per heavy atom. The second kappa shape index (κ2) is 8.59. The van der Waals surface area contributed by atoms with Crippen LogP contribution in [0.15, 0.2) is 83.8 Å². The molecule has 0 aliphatic heterocycles. The van der Waals surface area contributed by atoms with Crippen molar-refractivity contribution < 1.29 is 17.9 Å². The Balaban J connectivity index is 1.80. The summed E-state index contributed by atoms with van der Waals surface area (Å²) in [6.07, 6.45) is 0. The van der Waals surface area contributed by atoms with Gasteiger partial charge in [-0.15, -0.1) is 0 Å². The summed E-state index contributed by atoms with van der Waals surface area (Å²) in [5.41, 5.74) is 1.16. The van der Waals surface area contributed by atoms with Crippen LogP contribution >= 0.6 is 0 Å². The molecular formula is C22H18N2O4S. The monoisotopic (exact) mass is 406 g/mol. The van der Waals surface area contributed by atoms with Gasteiger partial charge in [0.05, 0.1) is 27.8 Å². The summed E-state index contributed by atoms with van der Waals surface area (Å²) in [6, 6.07) is 22.6. The maximum absolute atomic E-state index is 13.0. The molecule has 3 aromatic carbocycles. The summed E-state index contributed by atoms with van der Waals surface area (Å²) in [5, 5.41) is 8.92. The van der Waals surface area contributed by atoms with Crippen LogP contribution in [0.25, 0.3) is 0 Å². The third-order valence-electron chi connectivity index (χ3n) is 4.18. The normalized spacial score (nSPS) is 10.8. The molecule has 7 heteroatoms. The van der Waals surface area contributed by atoms with Crippen molar-refractivity contribution in [1.29, 1.82) is 5.26 Å². The molecule has 29 heavy (non-hydrogen) atoms. The largest absolute Gasteiger partial charge is 0.423 e. The Labute approximate surface area is 169 Å². The molecule has 0 saturated carbocycles. The van der Waals surface area contributed by atoms with Crippen molar-refractivity contribution in [2.75, 3.05) is 10.8 Å². The molecule has 0 spiro atoms. The molecule has 0 fully saturated rings. The smallest absolute Gasteiger partial charge is 0.343 e. The van der Waals surface area contributed by atoms with E-state index in [0.29, 0.717) is 11.3 Å². The van der Waals surface area contributed by atoms with Gasteiger partial charge in [0.25, 0.3) is 10.0 Å². The van der Waals surface area contributed by atoms with Crippen molar-refractivity contribution >= 4 is 21.7 Å². The number of sulfonamides is 1. The Morgan fingerprint density at radius 3 is 2.31 bits per heavy atom. The Bertz CT molecular complexity index is 1150. The highest BCUT2D eigenvalue weighted by atomic mass is 32.2. The van der Waals surface area contributed by atoms with Crippen molar-refractivity contribution in [2.45, 2.75) is 11.8 Å². The second-order valence-corrected chi connectivity index (χ2v) is 7.92. The predicted molar refractivity (Wildman–Crippen MR) is 109 cm³/mol. The van der Waals surface area contributed by atoms with E-state index in [-0.39, 0.29) is 22.8 Å². The molecule has 3 aromatic rings. The molecule has 0 aliphatic rings. The molecule has 0 saturated heterocycles. The van der Waals surface area contributed by atoms with Gasteiger partial charge in [0, 0.05) is 6.54 Å². The molecule has 0 atom stereocenters. The Morgan fingerprint density at radius 1 is 1.00 bits per heavy atom. The summed E-state index contributed by atoms with van der Waals surface area (Å²) >= 11 is 0. The lowest BCUT2D eigenvalue weighted by atomic mass is 10.1. The zero-order valence-corrected chi connectivity index (χ0v) is 16.5.